The molecule has 1 fully saturated rings. The maximum Gasteiger partial charge on any atom is 0.00792 e. The van der Waals surface area contributed by atoms with E-state index in [9.17, 15) is 0 Å². The molecule has 2 heteroatoms. The molecule has 0 aromatic heterocycles. The summed E-state index contributed by atoms with van der Waals surface area (Å²) in [5.74, 6) is 0.872. The van der Waals surface area contributed by atoms with Crippen molar-refractivity contribution in [2.75, 3.05) is 26.2 Å². The standard InChI is InChI=1S/C14H30N2/c1-4-6-10-16-11-7-8-14(12-16)13(3)15-9-5-2/h13-15H,4-12H2,1-3H3. The quantitative estimate of drug-likeness (QED) is 0.718. The first-order chi connectivity index (χ1) is 7.77. The minimum atomic E-state index is 0.698. The van der Waals surface area contributed by atoms with Gasteiger partial charge in [0.15, 0.2) is 0 Å². The number of nitrogens with zero attached hydrogens (tertiary/aromatic N) is 1. The Morgan fingerprint density at radius 1 is 1.31 bits per heavy atom. The third kappa shape index (κ3) is 4.84. The highest BCUT2D eigenvalue weighted by molar-refractivity contribution is 4.80. The van der Waals surface area contributed by atoms with Crippen molar-refractivity contribution in [3.8, 4) is 0 Å². The second-order valence-corrected chi connectivity index (χ2v) is 5.30. The number of rotatable bonds is 7. The molecule has 0 aromatic rings. The molecular formula is C14H30N2. The largest absolute Gasteiger partial charge is 0.314 e. The number of nitrogens with one attached hydrogen (secondary N) is 1. The van der Waals surface area contributed by atoms with Crippen molar-refractivity contribution in [3.05, 3.63) is 0 Å². The second-order valence-electron chi connectivity index (χ2n) is 5.30. The van der Waals surface area contributed by atoms with Gasteiger partial charge in [0, 0.05) is 12.6 Å². The molecular weight excluding hydrogens is 196 g/mol. The summed E-state index contributed by atoms with van der Waals surface area (Å²) in [7, 11) is 0. The van der Waals surface area contributed by atoms with Crippen molar-refractivity contribution in [2.24, 2.45) is 5.92 Å². The SMILES string of the molecule is CCCCN1CCCC(C(C)NCCC)C1. The van der Waals surface area contributed by atoms with Gasteiger partial charge in [-0.15, -0.1) is 0 Å². The van der Waals surface area contributed by atoms with Gasteiger partial charge < -0.3 is 10.2 Å². The average molecular weight is 226 g/mol. The molecule has 0 aliphatic carbocycles. The molecule has 2 unspecified atom stereocenters. The van der Waals surface area contributed by atoms with Crippen molar-refractivity contribution in [1.82, 2.24) is 10.2 Å². The highest BCUT2D eigenvalue weighted by Crippen LogP contribution is 2.20. The van der Waals surface area contributed by atoms with Crippen LogP contribution in [0.3, 0.4) is 0 Å². The lowest BCUT2D eigenvalue weighted by Crippen LogP contribution is -2.44. The second kappa shape index (κ2) is 8.08. The molecule has 0 amide bonds. The Kier molecular flexibility index (Phi) is 7.06. The summed E-state index contributed by atoms with van der Waals surface area (Å²) in [6.07, 6.45) is 6.75. The molecule has 0 bridgehead atoms. The van der Waals surface area contributed by atoms with Crippen LogP contribution in [-0.2, 0) is 0 Å². The zero-order valence-corrected chi connectivity index (χ0v) is 11.5. The lowest BCUT2D eigenvalue weighted by atomic mass is 9.91. The fourth-order valence-electron chi connectivity index (χ4n) is 2.62. The lowest BCUT2D eigenvalue weighted by molar-refractivity contribution is 0.149. The molecule has 96 valence electrons. The van der Waals surface area contributed by atoms with Gasteiger partial charge in [-0.25, -0.2) is 0 Å². The zero-order chi connectivity index (χ0) is 11.8. The third-order valence-corrected chi connectivity index (χ3v) is 3.79. The van der Waals surface area contributed by atoms with Crippen LogP contribution in [0.1, 0.15) is 52.9 Å². The number of hydrogen-bond acceptors (Lipinski definition) is 2. The predicted molar refractivity (Wildman–Crippen MR) is 71.8 cm³/mol. The van der Waals surface area contributed by atoms with Crippen LogP contribution in [0.25, 0.3) is 0 Å². The van der Waals surface area contributed by atoms with Crippen LogP contribution in [0.15, 0.2) is 0 Å². The van der Waals surface area contributed by atoms with Crippen LogP contribution in [0.2, 0.25) is 0 Å². The molecule has 1 aliphatic heterocycles. The van der Waals surface area contributed by atoms with Crippen LogP contribution in [0, 0.1) is 5.92 Å². The molecule has 2 atom stereocenters. The van der Waals surface area contributed by atoms with E-state index in [-0.39, 0.29) is 0 Å². The Morgan fingerprint density at radius 2 is 2.12 bits per heavy atom. The van der Waals surface area contributed by atoms with Gasteiger partial charge in [0.25, 0.3) is 0 Å². The maximum absolute atomic E-state index is 3.65. The molecule has 1 heterocycles. The molecule has 0 radical (unpaired) electrons. The number of unbranched alkanes of at least 4 members (excludes halogenated alkanes) is 1. The summed E-state index contributed by atoms with van der Waals surface area (Å²) in [6, 6.07) is 0.698. The summed E-state index contributed by atoms with van der Waals surface area (Å²) >= 11 is 0. The molecule has 16 heavy (non-hydrogen) atoms. The summed E-state index contributed by atoms with van der Waals surface area (Å²) in [5, 5.41) is 3.65. The Balaban J connectivity index is 2.25. The monoisotopic (exact) mass is 226 g/mol. The molecule has 0 spiro atoms. The van der Waals surface area contributed by atoms with E-state index in [4.69, 9.17) is 0 Å². The number of hydrogen-bond donors (Lipinski definition) is 1. The molecule has 1 saturated heterocycles. The van der Waals surface area contributed by atoms with E-state index in [2.05, 4.69) is 31.0 Å². The molecule has 1 rings (SSSR count). The van der Waals surface area contributed by atoms with Crippen molar-refractivity contribution >= 4 is 0 Å². The van der Waals surface area contributed by atoms with E-state index in [1.807, 2.05) is 0 Å². The van der Waals surface area contributed by atoms with Crippen LogP contribution in [0.5, 0.6) is 0 Å². The van der Waals surface area contributed by atoms with E-state index >= 15 is 0 Å². The molecule has 0 saturated carbocycles. The first-order valence-electron chi connectivity index (χ1n) is 7.23. The van der Waals surface area contributed by atoms with Crippen LogP contribution in [0.4, 0.5) is 0 Å². The Morgan fingerprint density at radius 3 is 2.81 bits per heavy atom. The van der Waals surface area contributed by atoms with Gasteiger partial charge in [-0.05, 0) is 58.2 Å². The fraction of sp³-hybridized carbons (Fsp3) is 1.00. The molecule has 1 aliphatic rings. The molecule has 1 N–H and O–H groups in total. The third-order valence-electron chi connectivity index (χ3n) is 3.79. The van der Waals surface area contributed by atoms with Gasteiger partial charge >= 0.3 is 0 Å². The summed E-state index contributed by atoms with van der Waals surface area (Å²) in [5.41, 5.74) is 0. The minimum Gasteiger partial charge on any atom is -0.314 e. The van der Waals surface area contributed by atoms with Crippen molar-refractivity contribution in [2.45, 2.75) is 58.9 Å². The van der Waals surface area contributed by atoms with E-state index in [0.717, 1.165) is 5.92 Å². The molecule has 0 aromatic carbocycles. The zero-order valence-electron chi connectivity index (χ0n) is 11.5. The van der Waals surface area contributed by atoms with Gasteiger partial charge in [0.2, 0.25) is 0 Å². The van der Waals surface area contributed by atoms with Crippen LogP contribution < -0.4 is 5.32 Å². The summed E-state index contributed by atoms with van der Waals surface area (Å²) in [4.78, 5) is 2.67. The van der Waals surface area contributed by atoms with Crippen LogP contribution in [-0.4, -0.2) is 37.1 Å². The van der Waals surface area contributed by atoms with E-state index in [1.54, 1.807) is 0 Å². The fourth-order valence-corrected chi connectivity index (χ4v) is 2.62. The van der Waals surface area contributed by atoms with Crippen LogP contribution >= 0.6 is 0 Å². The number of likely N-dealkylation sites (tertiary alicyclic amines) is 1. The van der Waals surface area contributed by atoms with E-state index in [0.29, 0.717) is 6.04 Å². The van der Waals surface area contributed by atoms with E-state index < -0.39 is 0 Å². The van der Waals surface area contributed by atoms with Crippen molar-refractivity contribution in [1.29, 1.82) is 0 Å². The highest BCUT2D eigenvalue weighted by Gasteiger charge is 2.23. The summed E-state index contributed by atoms with van der Waals surface area (Å²) < 4.78 is 0. The Labute approximate surface area is 102 Å². The Hall–Kier alpha value is -0.0800. The average Bonchev–Trinajstić information content (AvgIpc) is 2.33. The van der Waals surface area contributed by atoms with Gasteiger partial charge in [-0.2, -0.15) is 0 Å². The highest BCUT2D eigenvalue weighted by atomic mass is 15.1. The van der Waals surface area contributed by atoms with Crippen molar-refractivity contribution < 1.29 is 0 Å². The normalized spacial score (nSPS) is 24.6. The van der Waals surface area contributed by atoms with Gasteiger partial charge in [-0.3, -0.25) is 0 Å². The number of piperidine rings is 1. The smallest absolute Gasteiger partial charge is 0.00792 e. The maximum atomic E-state index is 3.65. The molecule has 2 nitrogen and oxygen atoms in total. The topological polar surface area (TPSA) is 15.3 Å². The van der Waals surface area contributed by atoms with Gasteiger partial charge in [0.05, 0.1) is 0 Å². The predicted octanol–water partition coefficient (Wildman–Crippen LogP) is 2.89. The Bertz CT molecular complexity index is 164. The minimum absolute atomic E-state index is 0.698. The van der Waals surface area contributed by atoms with Gasteiger partial charge in [-0.1, -0.05) is 20.3 Å². The first-order valence-corrected chi connectivity index (χ1v) is 7.23. The first kappa shape index (κ1) is 14.0. The van der Waals surface area contributed by atoms with Gasteiger partial charge in [0.1, 0.15) is 0 Å². The van der Waals surface area contributed by atoms with Crippen molar-refractivity contribution in [3.63, 3.8) is 0 Å². The van der Waals surface area contributed by atoms with E-state index in [1.165, 1.54) is 58.3 Å². The lowest BCUT2D eigenvalue weighted by Gasteiger charge is -2.36. The summed E-state index contributed by atoms with van der Waals surface area (Å²) in [6.45, 7) is 12.0.